The minimum Gasteiger partial charge on any atom is -0.366 e. The number of nitrogens with one attached hydrogen (secondary N) is 1. The lowest BCUT2D eigenvalue weighted by molar-refractivity contribution is 0.402. The Balaban J connectivity index is 2.27. The first kappa shape index (κ1) is 13.4. The van der Waals surface area contributed by atoms with Crippen LogP contribution in [0.4, 0.5) is 5.69 Å². The van der Waals surface area contributed by atoms with Crippen LogP contribution in [0.25, 0.3) is 0 Å². The fourth-order valence-electron chi connectivity index (χ4n) is 2.85. The molecule has 100 valence electrons. The fraction of sp³-hybridized carbons (Fsp3) is 0.625. The second kappa shape index (κ2) is 5.75. The van der Waals surface area contributed by atoms with E-state index < -0.39 is 0 Å². The number of rotatable bonds is 3. The molecule has 1 aromatic carbocycles. The van der Waals surface area contributed by atoms with Gasteiger partial charge in [0.15, 0.2) is 0 Å². The Morgan fingerprint density at radius 1 is 1.33 bits per heavy atom. The van der Waals surface area contributed by atoms with E-state index in [1.54, 1.807) is 0 Å². The van der Waals surface area contributed by atoms with Gasteiger partial charge in [0.2, 0.25) is 0 Å². The van der Waals surface area contributed by atoms with Crippen LogP contribution in [-0.4, -0.2) is 25.2 Å². The summed E-state index contributed by atoms with van der Waals surface area (Å²) in [5, 5.41) is 3.58. The van der Waals surface area contributed by atoms with Gasteiger partial charge in [-0.1, -0.05) is 19.9 Å². The summed E-state index contributed by atoms with van der Waals surface area (Å²) in [6.07, 6.45) is 2.33. The summed E-state index contributed by atoms with van der Waals surface area (Å²) in [6, 6.07) is 8.16. The van der Waals surface area contributed by atoms with E-state index in [9.17, 15) is 0 Å². The Labute approximate surface area is 111 Å². The summed E-state index contributed by atoms with van der Waals surface area (Å²) >= 11 is 0. The number of benzene rings is 1. The number of nitrogens with zero attached hydrogens (tertiary/aromatic N) is 1. The van der Waals surface area contributed by atoms with Crippen LogP contribution in [0.2, 0.25) is 0 Å². The molecule has 0 spiro atoms. The standard InChI is InChI=1S/C16H26N2/c1-5-14-9-16(8-7-12(14)3)18-11-13(4)17-10-15(18)6-2/h7-9,13,15,17H,5-6,10-11H2,1-4H3. The molecule has 0 amide bonds. The van der Waals surface area contributed by atoms with Crippen LogP contribution in [0.15, 0.2) is 18.2 Å². The number of hydrogen-bond acceptors (Lipinski definition) is 2. The number of aryl methyl sites for hydroxylation is 2. The summed E-state index contributed by atoms with van der Waals surface area (Å²) in [6.45, 7) is 11.2. The Morgan fingerprint density at radius 3 is 2.78 bits per heavy atom. The number of piperazine rings is 1. The van der Waals surface area contributed by atoms with Gasteiger partial charge in [-0.15, -0.1) is 0 Å². The van der Waals surface area contributed by atoms with E-state index in [0.29, 0.717) is 12.1 Å². The normalized spacial score (nSPS) is 24.3. The topological polar surface area (TPSA) is 15.3 Å². The van der Waals surface area contributed by atoms with Gasteiger partial charge in [-0.05, 0) is 49.9 Å². The van der Waals surface area contributed by atoms with Crippen molar-refractivity contribution in [2.24, 2.45) is 0 Å². The zero-order valence-corrected chi connectivity index (χ0v) is 12.2. The Bertz CT molecular complexity index is 400. The van der Waals surface area contributed by atoms with Crippen molar-refractivity contribution in [2.75, 3.05) is 18.0 Å². The van der Waals surface area contributed by atoms with Crippen molar-refractivity contribution in [1.82, 2.24) is 5.32 Å². The van der Waals surface area contributed by atoms with Crippen molar-refractivity contribution in [3.8, 4) is 0 Å². The minimum atomic E-state index is 0.583. The third-order valence-electron chi connectivity index (χ3n) is 4.13. The molecule has 2 rings (SSSR count). The van der Waals surface area contributed by atoms with Gasteiger partial charge in [-0.25, -0.2) is 0 Å². The van der Waals surface area contributed by atoms with E-state index in [1.807, 2.05) is 0 Å². The van der Waals surface area contributed by atoms with Crippen LogP contribution < -0.4 is 10.2 Å². The molecule has 0 aromatic heterocycles. The third kappa shape index (κ3) is 2.69. The second-order valence-electron chi connectivity index (χ2n) is 5.49. The van der Waals surface area contributed by atoms with Crippen LogP contribution in [0.1, 0.15) is 38.3 Å². The lowest BCUT2D eigenvalue weighted by Gasteiger charge is -2.41. The lowest BCUT2D eigenvalue weighted by atomic mass is 10.0. The highest BCUT2D eigenvalue weighted by molar-refractivity contribution is 5.52. The van der Waals surface area contributed by atoms with Gasteiger partial charge in [0.05, 0.1) is 0 Å². The molecular formula is C16H26N2. The average Bonchev–Trinajstić information content (AvgIpc) is 2.39. The molecule has 0 radical (unpaired) electrons. The first-order valence-electron chi connectivity index (χ1n) is 7.25. The second-order valence-corrected chi connectivity index (χ2v) is 5.49. The molecule has 1 aliphatic rings. The Hall–Kier alpha value is -1.02. The Morgan fingerprint density at radius 2 is 2.11 bits per heavy atom. The molecule has 1 saturated heterocycles. The zero-order chi connectivity index (χ0) is 13.1. The van der Waals surface area contributed by atoms with E-state index in [4.69, 9.17) is 0 Å². The first-order chi connectivity index (χ1) is 8.65. The number of anilines is 1. The smallest absolute Gasteiger partial charge is 0.0412 e. The van der Waals surface area contributed by atoms with Gasteiger partial charge in [0, 0.05) is 30.9 Å². The van der Waals surface area contributed by atoms with Crippen LogP contribution in [0.5, 0.6) is 0 Å². The zero-order valence-electron chi connectivity index (χ0n) is 12.2. The molecule has 1 aromatic rings. The van der Waals surface area contributed by atoms with Gasteiger partial charge < -0.3 is 10.2 Å². The van der Waals surface area contributed by atoms with Crippen molar-refractivity contribution in [3.05, 3.63) is 29.3 Å². The average molecular weight is 246 g/mol. The molecule has 0 bridgehead atoms. The predicted octanol–water partition coefficient (Wildman–Crippen LogP) is 3.13. The molecule has 1 N–H and O–H groups in total. The maximum Gasteiger partial charge on any atom is 0.0412 e. The van der Waals surface area contributed by atoms with E-state index in [0.717, 1.165) is 19.5 Å². The van der Waals surface area contributed by atoms with Crippen molar-refractivity contribution < 1.29 is 0 Å². The molecule has 2 nitrogen and oxygen atoms in total. The predicted molar refractivity (Wildman–Crippen MR) is 79.4 cm³/mol. The summed E-state index contributed by atoms with van der Waals surface area (Å²) in [7, 11) is 0. The summed E-state index contributed by atoms with van der Waals surface area (Å²) in [4.78, 5) is 2.58. The lowest BCUT2D eigenvalue weighted by Crippen LogP contribution is -2.55. The van der Waals surface area contributed by atoms with Gasteiger partial charge in [0.25, 0.3) is 0 Å². The van der Waals surface area contributed by atoms with E-state index in [-0.39, 0.29) is 0 Å². The summed E-state index contributed by atoms with van der Waals surface area (Å²) < 4.78 is 0. The van der Waals surface area contributed by atoms with Crippen molar-refractivity contribution in [2.45, 2.75) is 52.6 Å². The molecule has 2 unspecified atom stereocenters. The molecule has 0 saturated carbocycles. The molecule has 0 aliphatic carbocycles. The number of hydrogen-bond donors (Lipinski definition) is 1. The van der Waals surface area contributed by atoms with Crippen molar-refractivity contribution in [1.29, 1.82) is 0 Å². The summed E-state index contributed by atoms with van der Waals surface area (Å²) in [5.41, 5.74) is 4.30. The molecule has 18 heavy (non-hydrogen) atoms. The van der Waals surface area contributed by atoms with Gasteiger partial charge in [0.1, 0.15) is 0 Å². The highest BCUT2D eigenvalue weighted by Crippen LogP contribution is 2.24. The molecule has 1 fully saturated rings. The van der Waals surface area contributed by atoms with Crippen LogP contribution >= 0.6 is 0 Å². The maximum atomic E-state index is 3.58. The van der Waals surface area contributed by atoms with Crippen LogP contribution in [0.3, 0.4) is 0 Å². The third-order valence-corrected chi connectivity index (χ3v) is 4.13. The van der Waals surface area contributed by atoms with Crippen molar-refractivity contribution >= 4 is 5.69 Å². The van der Waals surface area contributed by atoms with E-state index in [1.165, 1.54) is 23.2 Å². The van der Waals surface area contributed by atoms with Crippen LogP contribution in [-0.2, 0) is 6.42 Å². The molecular weight excluding hydrogens is 220 g/mol. The quantitative estimate of drug-likeness (QED) is 0.881. The molecule has 1 heterocycles. The Kier molecular flexibility index (Phi) is 4.28. The van der Waals surface area contributed by atoms with Crippen LogP contribution in [0, 0.1) is 6.92 Å². The monoisotopic (exact) mass is 246 g/mol. The summed E-state index contributed by atoms with van der Waals surface area (Å²) in [5.74, 6) is 0. The largest absolute Gasteiger partial charge is 0.366 e. The maximum absolute atomic E-state index is 3.58. The van der Waals surface area contributed by atoms with Crippen molar-refractivity contribution in [3.63, 3.8) is 0 Å². The van der Waals surface area contributed by atoms with E-state index in [2.05, 4.69) is 56.1 Å². The van der Waals surface area contributed by atoms with E-state index >= 15 is 0 Å². The van der Waals surface area contributed by atoms with Gasteiger partial charge >= 0.3 is 0 Å². The first-order valence-corrected chi connectivity index (χ1v) is 7.25. The molecule has 1 aliphatic heterocycles. The highest BCUT2D eigenvalue weighted by Gasteiger charge is 2.24. The molecule has 2 heteroatoms. The molecule has 2 atom stereocenters. The van der Waals surface area contributed by atoms with Gasteiger partial charge in [-0.3, -0.25) is 0 Å². The highest BCUT2D eigenvalue weighted by atomic mass is 15.2. The SMILES string of the molecule is CCc1cc(N2CC(C)NCC2CC)ccc1C. The van der Waals surface area contributed by atoms with Gasteiger partial charge in [-0.2, -0.15) is 0 Å². The fourth-order valence-corrected chi connectivity index (χ4v) is 2.85. The minimum absolute atomic E-state index is 0.583.